The van der Waals surface area contributed by atoms with Gasteiger partial charge >= 0.3 is 47.5 Å². The number of benzene rings is 3. The van der Waals surface area contributed by atoms with E-state index in [0.717, 1.165) is 85.7 Å². The van der Waals surface area contributed by atoms with E-state index in [1.807, 2.05) is 0 Å². The number of nitrogens with zero attached hydrogens (tertiary/aromatic N) is 1. The number of halogens is 3. The van der Waals surface area contributed by atoms with Crippen LogP contribution in [0.1, 0.15) is 74.5 Å². The summed E-state index contributed by atoms with van der Waals surface area (Å²) < 4.78 is 51.8. The molecule has 6 rings (SSSR count). The molecule has 313 valence electrons. The van der Waals surface area contributed by atoms with E-state index in [1.54, 1.807) is 36.4 Å². The molecule has 0 saturated heterocycles. The van der Waals surface area contributed by atoms with Crippen LogP contribution < -0.4 is 51.7 Å². The van der Waals surface area contributed by atoms with Crippen LogP contribution in [0.25, 0.3) is 0 Å². The van der Waals surface area contributed by atoms with E-state index in [0.29, 0.717) is 19.6 Å². The number of carbonyl (C=O) groups excluding carboxylic acids is 3. The topological polar surface area (TPSA) is 179 Å². The Labute approximate surface area is 370 Å². The molecule has 16 heteroatoms. The van der Waals surface area contributed by atoms with E-state index in [9.17, 15) is 27.6 Å². The zero-order chi connectivity index (χ0) is 42.2. The van der Waals surface area contributed by atoms with Gasteiger partial charge in [0.2, 0.25) is 0 Å². The number of rotatable bonds is 10. The number of nitrogens with one attached hydrogen (secondary N) is 2. The molecule has 0 spiro atoms. The van der Waals surface area contributed by atoms with Gasteiger partial charge in [-0.1, -0.05) is 49.2 Å². The first-order valence-corrected chi connectivity index (χ1v) is 18.8. The normalized spacial score (nSPS) is 18.5. The molecule has 3 radical (unpaired) electrons. The van der Waals surface area contributed by atoms with Gasteiger partial charge < -0.3 is 48.1 Å². The van der Waals surface area contributed by atoms with Gasteiger partial charge in [-0.3, -0.25) is 9.59 Å². The summed E-state index contributed by atoms with van der Waals surface area (Å²) in [4.78, 5) is 34.0. The average molecular weight is 829 g/mol. The summed E-state index contributed by atoms with van der Waals surface area (Å²) in [5.74, 6) is -1.31. The number of methoxy groups -OCH3 is 3. The monoisotopic (exact) mass is 828 g/mol. The fraction of sp³-hybridized carbons (Fsp3) is 0.442. The second-order valence-electron chi connectivity index (χ2n) is 13.5. The summed E-state index contributed by atoms with van der Waals surface area (Å²) in [7, 11) is 4.23. The predicted octanol–water partition coefficient (Wildman–Crippen LogP) is 3.07. The first kappa shape index (κ1) is 54.8. The van der Waals surface area contributed by atoms with Gasteiger partial charge in [0.05, 0.1) is 38.7 Å². The van der Waals surface area contributed by atoms with Crippen molar-refractivity contribution < 1.29 is 71.3 Å². The van der Waals surface area contributed by atoms with Crippen molar-refractivity contribution in [1.82, 2.24) is 10.6 Å². The summed E-state index contributed by atoms with van der Waals surface area (Å²) >= 11 is 0. The number of hydrogen-bond acceptors (Lipinski definition) is 11. The Kier molecular flexibility index (Phi) is 28.6. The van der Waals surface area contributed by atoms with E-state index in [1.165, 1.54) is 57.7 Å². The molecule has 6 N–H and O–H groups in total. The maximum absolute atomic E-state index is 12.8. The number of nitrogens with two attached hydrogens (primary N) is 2. The van der Waals surface area contributed by atoms with Crippen molar-refractivity contribution >= 4 is 26.3 Å². The largest absolute Gasteiger partial charge is 1.00 e. The van der Waals surface area contributed by atoms with Crippen LogP contribution in [0.15, 0.2) is 84.1 Å². The second-order valence-corrected chi connectivity index (χ2v) is 13.5. The van der Waals surface area contributed by atoms with Gasteiger partial charge in [-0.05, 0) is 98.0 Å². The number of allylic oxidation sites excluding steroid dienone is 1. The summed E-state index contributed by atoms with van der Waals surface area (Å²) in [6.07, 6.45) is 8.42. The Hall–Kier alpha value is -4.17. The molecule has 59 heavy (non-hydrogen) atoms. The van der Waals surface area contributed by atoms with Crippen LogP contribution in [0, 0.1) is 41.1 Å². The molecular formula is C43H55BF3N5NaO6. The predicted molar refractivity (Wildman–Crippen MR) is 215 cm³/mol. The van der Waals surface area contributed by atoms with Crippen LogP contribution in [0.5, 0.6) is 0 Å². The van der Waals surface area contributed by atoms with Crippen LogP contribution in [0.2, 0.25) is 0 Å². The molecule has 3 aromatic carbocycles. The van der Waals surface area contributed by atoms with Crippen LogP contribution in [0.4, 0.5) is 13.2 Å². The van der Waals surface area contributed by atoms with Crippen molar-refractivity contribution in [2.75, 3.05) is 21.3 Å². The minimum Gasteiger partial charge on any atom is -0.512 e. The molecule has 0 aromatic heterocycles. The Bertz CT molecular complexity index is 1720. The summed E-state index contributed by atoms with van der Waals surface area (Å²) in [6, 6.07) is 19.1. The van der Waals surface area contributed by atoms with Gasteiger partial charge in [-0.15, -0.1) is 0 Å². The average Bonchev–Trinajstić information content (AvgIpc) is 4.03. The Morgan fingerprint density at radius 3 is 1.59 bits per heavy atom. The van der Waals surface area contributed by atoms with Gasteiger partial charge in [0.1, 0.15) is 17.5 Å². The fourth-order valence-corrected chi connectivity index (χ4v) is 6.64. The van der Waals surface area contributed by atoms with E-state index in [-0.39, 0.29) is 97.2 Å². The quantitative estimate of drug-likeness (QED) is 0.102. The smallest absolute Gasteiger partial charge is 0.512 e. The maximum Gasteiger partial charge on any atom is 1.00 e. The van der Waals surface area contributed by atoms with Gasteiger partial charge in [0.25, 0.3) is 0 Å². The third kappa shape index (κ3) is 19.6. The molecular weight excluding hydrogens is 773 g/mol. The van der Waals surface area contributed by atoms with Gasteiger partial charge in [-0.25, -0.2) is 18.0 Å². The molecule has 3 aromatic rings. The Balaban J connectivity index is 0.000000771. The van der Waals surface area contributed by atoms with Crippen molar-refractivity contribution in [3.8, 4) is 0 Å². The third-order valence-electron chi connectivity index (χ3n) is 9.79. The van der Waals surface area contributed by atoms with E-state index in [2.05, 4.69) is 15.4 Å². The standard InChI is InChI=1S/C14H18FNO2.C14H16FNO2.C7H8FN.C7H13NO2.CN.B.Na/c2*1-18-14(17)12-3-2-4-13(12)16-9-10-5-7-11(15)8-6-10;8-7-3-1-6(5-9)2-4-7;1-10-7(9)5-3-2-4-6(5)8;1-2;;/h5-8,12-13,16H,2-4,9H2,1H3;5-8,16H,2-4,9H2,1H3;1-4H,5,9H2;5-6H,2-4,8H2,1H3;;;/q;;;;-1;;+1. The van der Waals surface area contributed by atoms with Crippen molar-refractivity contribution in [1.29, 1.82) is 5.26 Å². The molecule has 0 heterocycles. The number of ether oxygens (including phenoxy) is 3. The van der Waals surface area contributed by atoms with Crippen molar-refractivity contribution in [3.63, 3.8) is 0 Å². The molecule has 2 fully saturated rings. The first-order valence-electron chi connectivity index (χ1n) is 18.8. The summed E-state index contributed by atoms with van der Waals surface area (Å²) in [5, 5.41) is 12.8. The molecule has 3 aliphatic rings. The summed E-state index contributed by atoms with van der Waals surface area (Å²) in [6.45, 7) is 6.47. The van der Waals surface area contributed by atoms with Crippen LogP contribution in [-0.2, 0) is 48.2 Å². The third-order valence-corrected chi connectivity index (χ3v) is 9.79. The van der Waals surface area contributed by atoms with E-state index < -0.39 is 0 Å². The zero-order valence-electron chi connectivity index (χ0n) is 34.5. The molecule has 0 amide bonds. The molecule has 11 nitrogen and oxygen atoms in total. The van der Waals surface area contributed by atoms with E-state index in [4.69, 9.17) is 32.8 Å². The van der Waals surface area contributed by atoms with Gasteiger partial charge in [0.15, 0.2) is 0 Å². The van der Waals surface area contributed by atoms with Crippen molar-refractivity contribution in [2.24, 2.45) is 23.3 Å². The molecule has 2 saturated carbocycles. The fourth-order valence-electron chi connectivity index (χ4n) is 6.64. The second kappa shape index (κ2) is 30.8. The number of hydrogen-bond donors (Lipinski definition) is 4. The molecule has 4 unspecified atom stereocenters. The minimum atomic E-state index is -0.255. The van der Waals surface area contributed by atoms with Crippen LogP contribution in [0.3, 0.4) is 0 Å². The Morgan fingerprint density at radius 2 is 1.14 bits per heavy atom. The Morgan fingerprint density at radius 1 is 0.678 bits per heavy atom. The SMILES string of the molecule is COC(=O)C1=C(NCc2ccc(F)cc2)CCC1.COC(=O)C1CCCC1N.COC(=O)C1CCCC1NCc1ccc(F)cc1.NCc1ccc(F)cc1.[B].[C-]#N.[Na+]. The zero-order valence-corrected chi connectivity index (χ0v) is 36.5. The van der Waals surface area contributed by atoms with Gasteiger partial charge in [-0.2, -0.15) is 0 Å². The van der Waals surface area contributed by atoms with Crippen LogP contribution >= 0.6 is 0 Å². The first-order chi connectivity index (χ1) is 27.5. The molecule has 0 bridgehead atoms. The van der Waals surface area contributed by atoms with E-state index >= 15 is 0 Å². The minimum absolute atomic E-state index is 0. The van der Waals surface area contributed by atoms with Gasteiger partial charge in [0, 0.05) is 45.8 Å². The number of carbonyl (C=O) groups is 3. The number of esters is 3. The molecule has 4 atom stereocenters. The van der Waals surface area contributed by atoms with Crippen LogP contribution in [-0.4, -0.2) is 59.7 Å². The maximum atomic E-state index is 12.8. The molecule has 0 aliphatic heterocycles. The summed E-state index contributed by atoms with van der Waals surface area (Å²) in [5.41, 5.74) is 15.6. The van der Waals surface area contributed by atoms with Crippen molar-refractivity contribution in [2.45, 2.75) is 89.5 Å². The molecule has 3 aliphatic carbocycles. The van der Waals surface area contributed by atoms with Crippen molar-refractivity contribution in [3.05, 3.63) is 125 Å².